The van der Waals surface area contributed by atoms with Gasteiger partial charge in [-0.1, -0.05) is 30.3 Å². The largest absolute Gasteiger partial charge is 0.396 e. The molecule has 128 valence electrons. The van der Waals surface area contributed by atoms with Crippen molar-refractivity contribution in [3.05, 3.63) is 35.9 Å². The number of β-amino-alcohol motifs (C(OH)–C–C–N with tert-alkyl or cyclic N) is 1. The molecule has 1 fully saturated rings. The second kappa shape index (κ2) is 7.79. The maximum atomic E-state index is 13.3. The Labute approximate surface area is 133 Å². The molecular formula is C16H21F3N2O2. The summed E-state index contributed by atoms with van der Waals surface area (Å²) >= 11 is 0. The summed E-state index contributed by atoms with van der Waals surface area (Å²) in [5.74, 6) is -2.24. The zero-order valence-electron chi connectivity index (χ0n) is 12.8. The number of carbonyl (C=O) groups excluding carboxylic acids is 1. The van der Waals surface area contributed by atoms with Gasteiger partial charge in [0.2, 0.25) is 5.91 Å². The predicted molar refractivity (Wildman–Crippen MR) is 80.0 cm³/mol. The first-order chi connectivity index (χ1) is 10.9. The van der Waals surface area contributed by atoms with E-state index in [-0.39, 0.29) is 12.2 Å². The van der Waals surface area contributed by atoms with Gasteiger partial charge in [0.15, 0.2) is 0 Å². The van der Waals surface area contributed by atoms with Gasteiger partial charge >= 0.3 is 6.18 Å². The van der Waals surface area contributed by atoms with Crippen molar-refractivity contribution in [1.29, 1.82) is 0 Å². The number of halogens is 3. The molecule has 1 N–H and O–H groups in total. The van der Waals surface area contributed by atoms with Crippen LogP contribution in [0.5, 0.6) is 0 Å². The Morgan fingerprint density at radius 1 is 1.13 bits per heavy atom. The molecule has 0 radical (unpaired) electrons. The third-order valence-electron chi connectivity index (χ3n) is 4.12. The number of carbonyl (C=O) groups is 1. The van der Waals surface area contributed by atoms with Gasteiger partial charge in [-0.15, -0.1) is 0 Å². The molecule has 1 aliphatic rings. The fourth-order valence-electron chi connectivity index (χ4n) is 2.77. The maximum Gasteiger partial charge on any atom is 0.396 e. The minimum atomic E-state index is -4.45. The zero-order valence-corrected chi connectivity index (χ0v) is 12.8. The number of hydrogen-bond donors (Lipinski definition) is 1. The summed E-state index contributed by atoms with van der Waals surface area (Å²) in [7, 11) is 0. The normalized spacial score (nSPS) is 18.0. The highest BCUT2D eigenvalue weighted by molar-refractivity contribution is 5.77. The van der Waals surface area contributed by atoms with E-state index in [9.17, 15) is 18.0 Å². The first-order valence-electron chi connectivity index (χ1n) is 7.64. The highest BCUT2D eigenvalue weighted by Gasteiger charge is 2.42. The smallest absolute Gasteiger partial charge is 0.395 e. The van der Waals surface area contributed by atoms with Crippen molar-refractivity contribution in [1.82, 2.24) is 9.80 Å². The predicted octanol–water partition coefficient (Wildman–Crippen LogP) is 1.86. The van der Waals surface area contributed by atoms with Crippen LogP contribution in [0.2, 0.25) is 0 Å². The number of rotatable bonds is 5. The minimum absolute atomic E-state index is 0.0398. The second-order valence-electron chi connectivity index (χ2n) is 5.66. The summed E-state index contributed by atoms with van der Waals surface area (Å²) in [6.07, 6.45) is -5.01. The van der Waals surface area contributed by atoms with Crippen molar-refractivity contribution in [2.24, 2.45) is 0 Å². The molecule has 1 aromatic rings. The summed E-state index contributed by atoms with van der Waals surface area (Å²) in [5, 5.41) is 8.88. The molecule has 0 spiro atoms. The van der Waals surface area contributed by atoms with Crippen LogP contribution in [0.15, 0.2) is 30.3 Å². The number of benzene rings is 1. The van der Waals surface area contributed by atoms with E-state index in [2.05, 4.69) is 0 Å². The standard InChI is InChI=1S/C16H21F3N2O2/c17-16(18,19)14(13-4-2-1-3-5-13)12-15(23)21-8-6-20(7-9-21)10-11-22/h1-5,14,22H,6-12H2/t14-/m1/s1. The number of hydrogen-bond acceptors (Lipinski definition) is 3. The molecule has 1 atom stereocenters. The number of amides is 1. The Kier molecular flexibility index (Phi) is 6.01. The molecule has 0 saturated carbocycles. The summed E-state index contributed by atoms with van der Waals surface area (Å²) in [5.41, 5.74) is 0.118. The van der Waals surface area contributed by atoms with Gasteiger partial charge in [0.25, 0.3) is 0 Å². The van der Waals surface area contributed by atoms with Crippen LogP contribution in [0.3, 0.4) is 0 Å². The van der Waals surface area contributed by atoms with Crippen LogP contribution in [0.4, 0.5) is 13.2 Å². The van der Waals surface area contributed by atoms with Crippen LogP contribution in [-0.2, 0) is 4.79 Å². The highest BCUT2D eigenvalue weighted by atomic mass is 19.4. The van der Waals surface area contributed by atoms with E-state index in [1.165, 1.54) is 17.0 Å². The van der Waals surface area contributed by atoms with Gasteiger partial charge in [0, 0.05) is 39.1 Å². The van der Waals surface area contributed by atoms with Gasteiger partial charge in [-0.05, 0) is 5.56 Å². The third-order valence-corrected chi connectivity index (χ3v) is 4.12. The quantitative estimate of drug-likeness (QED) is 0.896. The molecule has 1 aliphatic heterocycles. The molecule has 1 heterocycles. The highest BCUT2D eigenvalue weighted by Crippen LogP contribution is 2.37. The number of alkyl halides is 3. The Morgan fingerprint density at radius 3 is 2.26 bits per heavy atom. The molecule has 1 aromatic carbocycles. The van der Waals surface area contributed by atoms with Gasteiger partial charge in [-0.25, -0.2) is 0 Å². The number of piperazine rings is 1. The van der Waals surface area contributed by atoms with Crippen LogP contribution in [-0.4, -0.2) is 66.3 Å². The van der Waals surface area contributed by atoms with E-state index in [1.54, 1.807) is 18.2 Å². The fraction of sp³-hybridized carbons (Fsp3) is 0.562. The maximum absolute atomic E-state index is 13.3. The molecule has 1 saturated heterocycles. The summed E-state index contributed by atoms with van der Waals surface area (Å²) in [6.45, 7) is 2.52. The molecule has 0 bridgehead atoms. The summed E-state index contributed by atoms with van der Waals surface area (Å²) < 4.78 is 39.9. The number of nitrogens with zero attached hydrogens (tertiary/aromatic N) is 2. The van der Waals surface area contributed by atoms with Crippen LogP contribution >= 0.6 is 0 Å². The third kappa shape index (κ3) is 4.94. The molecule has 0 aliphatic carbocycles. The van der Waals surface area contributed by atoms with Gasteiger partial charge in [-0.2, -0.15) is 13.2 Å². The molecule has 1 amide bonds. The van der Waals surface area contributed by atoms with Crippen molar-refractivity contribution in [3.8, 4) is 0 Å². The average Bonchev–Trinajstić information content (AvgIpc) is 2.53. The van der Waals surface area contributed by atoms with Gasteiger partial charge < -0.3 is 10.0 Å². The summed E-state index contributed by atoms with van der Waals surface area (Å²) in [4.78, 5) is 15.7. The van der Waals surface area contributed by atoms with Crippen molar-refractivity contribution >= 4 is 5.91 Å². The lowest BCUT2D eigenvalue weighted by Gasteiger charge is -2.35. The van der Waals surface area contributed by atoms with Crippen molar-refractivity contribution in [2.45, 2.75) is 18.5 Å². The van der Waals surface area contributed by atoms with Crippen molar-refractivity contribution < 1.29 is 23.1 Å². The Morgan fingerprint density at radius 2 is 1.74 bits per heavy atom. The molecule has 23 heavy (non-hydrogen) atoms. The van der Waals surface area contributed by atoms with Crippen LogP contribution in [0.25, 0.3) is 0 Å². The van der Waals surface area contributed by atoms with Crippen LogP contribution < -0.4 is 0 Å². The second-order valence-corrected chi connectivity index (χ2v) is 5.66. The van der Waals surface area contributed by atoms with Crippen molar-refractivity contribution in [2.75, 3.05) is 39.3 Å². The Balaban J connectivity index is 1.99. The van der Waals surface area contributed by atoms with E-state index in [0.717, 1.165) is 0 Å². The zero-order chi connectivity index (χ0) is 16.9. The summed E-state index contributed by atoms with van der Waals surface area (Å²) in [6, 6.07) is 7.56. The van der Waals surface area contributed by atoms with Crippen LogP contribution in [0, 0.1) is 0 Å². The average molecular weight is 330 g/mol. The van der Waals surface area contributed by atoms with E-state index in [4.69, 9.17) is 5.11 Å². The SMILES string of the molecule is O=C(C[C@H](c1ccccc1)C(F)(F)F)N1CCN(CCO)CC1. The lowest BCUT2D eigenvalue weighted by Crippen LogP contribution is -2.49. The monoisotopic (exact) mass is 330 g/mol. The lowest BCUT2D eigenvalue weighted by molar-refractivity contribution is -0.161. The topological polar surface area (TPSA) is 43.8 Å². The molecule has 7 heteroatoms. The first kappa shape index (κ1) is 17.7. The van der Waals surface area contributed by atoms with Gasteiger partial charge in [0.05, 0.1) is 12.5 Å². The first-order valence-corrected chi connectivity index (χ1v) is 7.64. The Bertz CT molecular complexity index is 500. The van der Waals surface area contributed by atoms with E-state index >= 15 is 0 Å². The molecule has 4 nitrogen and oxygen atoms in total. The Hall–Kier alpha value is -1.60. The molecular weight excluding hydrogens is 309 g/mol. The molecule has 0 unspecified atom stereocenters. The lowest BCUT2D eigenvalue weighted by atomic mass is 9.94. The number of aliphatic hydroxyl groups excluding tert-OH is 1. The number of aliphatic hydroxyl groups is 1. The minimum Gasteiger partial charge on any atom is -0.395 e. The molecule has 0 aromatic heterocycles. The van der Waals surface area contributed by atoms with Crippen LogP contribution in [0.1, 0.15) is 17.9 Å². The fourth-order valence-corrected chi connectivity index (χ4v) is 2.77. The van der Waals surface area contributed by atoms with E-state index in [1.807, 2.05) is 4.90 Å². The van der Waals surface area contributed by atoms with Crippen molar-refractivity contribution in [3.63, 3.8) is 0 Å². The van der Waals surface area contributed by atoms with Gasteiger partial charge in [-0.3, -0.25) is 9.69 Å². The van der Waals surface area contributed by atoms with Gasteiger partial charge in [0.1, 0.15) is 0 Å². The van der Waals surface area contributed by atoms with E-state index in [0.29, 0.717) is 32.7 Å². The van der Waals surface area contributed by atoms with E-state index < -0.39 is 24.4 Å². The molecule has 2 rings (SSSR count).